The third-order valence-electron chi connectivity index (χ3n) is 7.11. The number of halogens is 3. The first-order chi connectivity index (χ1) is 19.3. The van der Waals surface area contributed by atoms with E-state index in [0.717, 1.165) is 24.5 Å². The molecular weight excluding hydrogens is 571 g/mol. The van der Waals surface area contributed by atoms with Crippen LogP contribution in [0.5, 0.6) is 0 Å². The Morgan fingerprint density at radius 1 is 0.850 bits per heavy atom. The summed E-state index contributed by atoms with van der Waals surface area (Å²) in [7, 11) is 0. The van der Waals surface area contributed by atoms with Crippen LogP contribution in [0, 0.1) is 0 Å². The molecule has 0 bridgehead atoms. The van der Waals surface area contributed by atoms with Gasteiger partial charge in [-0.05, 0) is 49.5 Å². The molecule has 3 aromatic rings. The molecule has 0 saturated carbocycles. The number of anilines is 1. The zero-order valence-electron chi connectivity index (χ0n) is 22.7. The second-order valence-electron chi connectivity index (χ2n) is 9.50. The van der Waals surface area contributed by atoms with Crippen molar-refractivity contribution in [3.8, 4) is 11.3 Å². The Balaban J connectivity index is 1.39. The minimum atomic E-state index is -0.283. The van der Waals surface area contributed by atoms with Gasteiger partial charge in [0.25, 0.3) is 5.91 Å². The third-order valence-corrected chi connectivity index (χ3v) is 7.99. The molecule has 0 spiro atoms. The van der Waals surface area contributed by atoms with Crippen LogP contribution in [0.1, 0.15) is 24.2 Å². The molecule has 0 aliphatic carbocycles. The number of rotatable bonds is 10. The van der Waals surface area contributed by atoms with Gasteiger partial charge < -0.3 is 19.6 Å². The number of carbonyl (C=O) groups is 2. The summed E-state index contributed by atoms with van der Waals surface area (Å²) in [6.07, 6.45) is 0. The van der Waals surface area contributed by atoms with Crippen LogP contribution in [0.15, 0.2) is 54.6 Å². The fourth-order valence-corrected chi connectivity index (χ4v) is 5.36. The third kappa shape index (κ3) is 7.43. The molecule has 40 heavy (non-hydrogen) atoms. The summed E-state index contributed by atoms with van der Waals surface area (Å²) < 4.78 is 0. The average Bonchev–Trinajstić information content (AvgIpc) is 2.97. The maximum absolute atomic E-state index is 13.4. The molecule has 0 atom stereocenters. The second-order valence-corrected chi connectivity index (χ2v) is 10.8. The molecule has 1 fully saturated rings. The molecule has 4 rings (SSSR count). The molecule has 212 valence electrons. The van der Waals surface area contributed by atoms with Crippen molar-refractivity contribution >= 4 is 52.4 Å². The van der Waals surface area contributed by atoms with E-state index in [4.69, 9.17) is 34.8 Å². The molecule has 2 aromatic carbocycles. The van der Waals surface area contributed by atoms with E-state index in [1.54, 1.807) is 28.0 Å². The monoisotopic (exact) mass is 602 g/mol. The van der Waals surface area contributed by atoms with Crippen LogP contribution in [0.2, 0.25) is 15.1 Å². The SMILES string of the molecule is CCN(CC)CCN(CC(=O)N1CCN(c2ccc(-c3ccccc3Cl)nn2)CC1)C(=O)c1ccc(Cl)cc1Cl. The molecule has 11 heteroatoms. The minimum Gasteiger partial charge on any atom is -0.352 e. The topological polar surface area (TPSA) is 72.9 Å². The largest absolute Gasteiger partial charge is 0.352 e. The van der Waals surface area contributed by atoms with Crippen LogP contribution in [0.25, 0.3) is 11.3 Å². The van der Waals surface area contributed by atoms with Crippen molar-refractivity contribution in [3.05, 3.63) is 75.2 Å². The van der Waals surface area contributed by atoms with E-state index in [1.807, 2.05) is 36.4 Å². The van der Waals surface area contributed by atoms with Crippen LogP contribution >= 0.6 is 34.8 Å². The standard InChI is InChI=1S/C29H33Cl3N6O2/c1-3-35(4-2)13-14-38(29(40)23-10-9-21(30)19-25(23)32)20-28(39)37-17-15-36(16-18-37)27-12-11-26(33-34-27)22-7-5-6-8-24(22)31/h5-12,19H,3-4,13-18,20H2,1-2H3. The number of aromatic nitrogens is 2. The lowest BCUT2D eigenvalue weighted by Crippen LogP contribution is -2.52. The van der Waals surface area contributed by atoms with E-state index in [-0.39, 0.29) is 23.4 Å². The Morgan fingerprint density at radius 3 is 2.20 bits per heavy atom. The van der Waals surface area contributed by atoms with E-state index in [9.17, 15) is 9.59 Å². The Labute approximate surface area is 250 Å². The summed E-state index contributed by atoms with van der Waals surface area (Å²) in [5.74, 6) is 0.365. The molecule has 8 nitrogen and oxygen atoms in total. The number of hydrogen-bond donors (Lipinski definition) is 0. The lowest BCUT2D eigenvalue weighted by Gasteiger charge is -2.36. The molecule has 0 unspecified atom stereocenters. The predicted molar refractivity (Wildman–Crippen MR) is 161 cm³/mol. The van der Waals surface area contributed by atoms with Crippen molar-refractivity contribution in [2.45, 2.75) is 13.8 Å². The Bertz CT molecular complexity index is 1310. The molecule has 2 heterocycles. The molecule has 0 N–H and O–H groups in total. The van der Waals surface area contributed by atoms with Crippen molar-refractivity contribution < 1.29 is 9.59 Å². The molecular formula is C29H33Cl3N6O2. The van der Waals surface area contributed by atoms with Crippen molar-refractivity contribution in [1.82, 2.24) is 24.9 Å². The summed E-state index contributed by atoms with van der Waals surface area (Å²) in [6, 6.07) is 16.1. The lowest BCUT2D eigenvalue weighted by atomic mass is 10.1. The van der Waals surface area contributed by atoms with Crippen molar-refractivity contribution in [2.24, 2.45) is 0 Å². The van der Waals surface area contributed by atoms with E-state index in [1.165, 1.54) is 0 Å². The maximum atomic E-state index is 13.4. The quantitative estimate of drug-likeness (QED) is 0.316. The van der Waals surface area contributed by atoms with Crippen molar-refractivity contribution in [2.75, 3.05) is 63.8 Å². The highest BCUT2D eigenvalue weighted by Gasteiger charge is 2.27. The lowest BCUT2D eigenvalue weighted by molar-refractivity contribution is -0.132. The van der Waals surface area contributed by atoms with Crippen LogP contribution in [0.4, 0.5) is 5.82 Å². The summed E-state index contributed by atoms with van der Waals surface area (Å²) in [6.45, 7) is 9.19. The highest BCUT2D eigenvalue weighted by Crippen LogP contribution is 2.26. The molecule has 1 saturated heterocycles. The maximum Gasteiger partial charge on any atom is 0.255 e. The van der Waals surface area contributed by atoms with Gasteiger partial charge in [0, 0.05) is 49.9 Å². The number of piperazine rings is 1. The fourth-order valence-electron chi connectivity index (χ4n) is 4.64. The van der Waals surface area contributed by atoms with Gasteiger partial charge in [0.1, 0.15) is 6.54 Å². The molecule has 2 amide bonds. The Morgan fingerprint density at radius 2 is 1.57 bits per heavy atom. The van der Waals surface area contributed by atoms with Crippen LogP contribution in [-0.4, -0.2) is 95.6 Å². The minimum absolute atomic E-state index is 0.0224. The predicted octanol–water partition coefficient (Wildman–Crippen LogP) is 5.24. The molecule has 1 aliphatic heterocycles. The summed E-state index contributed by atoms with van der Waals surface area (Å²) >= 11 is 18.7. The number of carbonyl (C=O) groups excluding carboxylic acids is 2. The second kappa shape index (κ2) is 14.1. The molecule has 1 aromatic heterocycles. The van der Waals surface area contributed by atoms with Gasteiger partial charge in [-0.2, -0.15) is 0 Å². The fraction of sp³-hybridized carbons (Fsp3) is 0.379. The first kappa shape index (κ1) is 30.1. The van der Waals surface area contributed by atoms with Crippen LogP contribution < -0.4 is 4.90 Å². The number of hydrogen-bond acceptors (Lipinski definition) is 6. The van der Waals surface area contributed by atoms with E-state index < -0.39 is 0 Å². The van der Waals surface area contributed by atoms with E-state index >= 15 is 0 Å². The van der Waals surface area contributed by atoms with Crippen molar-refractivity contribution in [3.63, 3.8) is 0 Å². The van der Waals surface area contributed by atoms with Crippen LogP contribution in [-0.2, 0) is 4.79 Å². The first-order valence-corrected chi connectivity index (χ1v) is 14.5. The zero-order chi connectivity index (χ0) is 28.6. The summed E-state index contributed by atoms with van der Waals surface area (Å²) in [5, 5.41) is 10.1. The average molecular weight is 604 g/mol. The summed E-state index contributed by atoms with van der Waals surface area (Å²) in [5.41, 5.74) is 1.87. The van der Waals surface area contributed by atoms with E-state index in [0.29, 0.717) is 60.6 Å². The van der Waals surface area contributed by atoms with E-state index in [2.05, 4.69) is 33.8 Å². The van der Waals surface area contributed by atoms with Gasteiger partial charge in [0.05, 0.1) is 21.3 Å². The number of nitrogens with zero attached hydrogens (tertiary/aromatic N) is 6. The van der Waals surface area contributed by atoms with Gasteiger partial charge in [-0.15, -0.1) is 10.2 Å². The first-order valence-electron chi connectivity index (χ1n) is 13.4. The normalized spacial score (nSPS) is 13.6. The highest BCUT2D eigenvalue weighted by atomic mass is 35.5. The summed E-state index contributed by atoms with van der Waals surface area (Å²) in [4.78, 5) is 34.5. The van der Waals surface area contributed by atoms with Crippen molar-refractivity contribution in [1.29, 1.82) is 0 Å². The number of amides is 2. The van der Waals surface area contributed by atoms with Gasteiger partial charge in [0.15, 0.2) is 5.82 Å². The number of benzene rings is 2. The molecule has 1 aliphatic rings. The smallest absolute Gasteiger partial charge is 0.255 e. The van der Waals surface area contributed by atoms with Gasteiger partial charge in [0.2, 0.25) is 5.91 Å². The molecule has 0 radical (unpaired) electrons. The highest BCUT2D eigenvalue weighted by molar-refractivity contribution is 6.36. The van der Waals surface area contributed by atoms with Gasteiger partial charge in [-0.25, -0.2) is 0 Å². The number of likely N-dealkylation sites (N-methyl/N-ethyl adjacent to an activating group) is 1. The zero-order valence-corrected chi connectivity index (χ0v) is 25.0. The Hall–Kier alpha value is -2.91. The van der Waals surface area contributed by atoms with Crippen LogP contribution in [0.3, 0.4) is 0 Å². The Kier molecular flexibility index (Phi) is 10.6. The van der Waals surface area contributed by atoms with Gasteiger partial charge in [-0.1, -0.05) is 66.8 Å². The van der Waals surface area contributed by atoms with Gasteiger partial charge >= 0.3 is 0 Å². The van der Waals surface area contributed by atoms with Gasteiger partial charge in [-0.3, -0.25) is 9.59 Å².